The van der Waals surface area contributed by atoms with Gasteiger partial charge in [-0.15, -0.1) is 0 Å². The molecule has 0 aliphatic carbocycles. The van der Waals surface area contributed by atoms with Crippen molar-refractivity contribution in [2.45, 2.75) is 4.90 Å². The molecule has 0 spiro atoms. The second kappa shape index (κ2) is 2.76. The SMILES string of the molecule is CN(C)S(=O)(=O)c1cn[nH]c1N. The van der Waals surface area contributed by atoms with E-state index in [-0.39, 0.29) is 10.7 Å². The second-order valence-electron chi connectivity index (χ2n) is 2.44. The van der Waals surface area contributed by atoms with Crippen LogP contribution in [0, 0.1) is 0 Å². The van der Waals surface area contributed by atoms with Gasteiger partial charge in [0.15, 0.2) is 0 Å². The molecule has 1 aromatic heterocycles. The molecule has 1 aromatic rings. The van der Waals surface area contributed by atoms with Crippen LogP contribution in [0.25, 0.3) is 0 Å². The molecule has 0 aromatic carbocycles. The van der Waals surface area contributed by atoms with E-state index in [1.54, 1.807) is 0 Å². The maximum Gasteiger partial charge on any atom is 0.247 e. The van der Waals surface area contributed by atoms with Crippen molar-refractivity contribution in [2.24, 2.45) is 0 Å². The molecular formula is C5H10N4O2S. The predicted octanol–water partition coefficient (Wildman–Crippen LogP) is -0.758. The van der Waals surface area contributed by atoms with Gasteiger partial charge in [0.05, 0.1) is 6.20 Å². The summed E-state index contributed by atoms with van der Waals surface area (Å²) in [6, 6.07) is 0. The lowest BCUT2D eigenvalue weighted by Gasteiger charge is -2.08. The average molecular weight is 190 g/mol. The molecule has 1 heterocycles. The van der Waals surface area contributed by atoms with E-state index in [1.807, 2.05) is 0 Å². The predicted molar refractivity (Wildman–Crippen MR) is 43.9 cm³/mol. The number of nitrogens with two attached hydrogens (primary N) is 1. The van der Waals surface area contributed by atoms with Crippen LogP contribution in [0.1, 0.15) is 0 Å². The molecule has 0 saturated heterocycles. The summed E-state index contributed by atoms with van der Waals surface area (Å²) in [7, 11) is -0.585. The van der Waals surface area contributed by atoms with Gasteiger partial charge < -0.3 is 5.73 Å². The van der Waals surface area contributed by atoms with Gasteiger partial charge in [0.25, 0.3) is 0 Å². The van der Waals surface area contributed by atoms with Crippen LogP contribution in [0.15, 0.2) is 11.1 Å². The van der Waals surface area contributed by atoms with Crippen molar-refractivity contribution in [2.75, 3.05) is 19.8 Å². The van der Waals surface area contributed by atoms with E-state index in [0.717, 1.165) is 4.31 Å². The van der Waals surface area contributed by atoms with Crippen LogP contribution in [-0.2, 0) is 10.0 Å². The standard InChI is InChI=1S/C5H10N4O2S/c1-9(2)12(10,11)4-3-7-8-5(4)6/h3H,1-2H3,(H3,6,7,8). The Bertz CT molecular complexity index is 367. The molecule has 7 heteroatoms. The Morgan fingerprint density at radius 3 is 2.50 bits per heavy atom. The first kappa shape index (κ1) is 9.01. The molecule has 0 radical (unpaired) electrons. The molecule has 0 atom stereocenters. The highest BCUT2D eigenvalue weighted by Gasteiger charge is 2.21. The highest BCUT2D eigenvalue weighted by atomic mass is 32.2. The van der Waals surface area contributed by atoms with Crippen LogP contribution in [0.2, 0.25) is 0 Å². The molecule has 0 aliphatic rings. The number of H-pyrrole nitrogens is 1. The number of aromatic amines is 1. The maximum absolute atomic E-state index is 11.4. The van der Waals surface area contributed by atoms with Gasteiger partial charge in [0.2, 0.25) is 10.0 Å². The smallest absolute Gasteiger partial charge is 0.247 e. The minimum absolute atomic E-state index is 0.00694. The summed E-state index contributed by atoms with van der Waals surface area (Å²) in [5.74, 6) is 0.0590. The summed E-state index contributed by atoms with van der Waals surface area (Å²) in [5, 5.41) is 5.87. The quantitative estimate of drug-likeness (QED) is 0.641. The second-order valence-corrected chi connectivity index (χ2v) is 4.56. The number of rotatable bonds is 2. The number of aromatic nitrogens is 2. The van der Waals surface area contributed by atoms with E-state index in [0.29, 0.717) is 0 Å². The molecule has 0 amide bonds. The average Bonchev–Trinajstić information content (AvgIpc) is 2.35. The summed E-state index contributed by atoms with van der Waals surface area (Å²) in [5.41, 5.74) is 5.34. The number of hydrogen-bond donors (Lipinski definition) is 2. The first-order valence-corrected chi connectivity index (χ1v) is 4.61. The molecule has 0 aliphatic heterocycles. The zero-order chi connectivity index (χ0) is 9.35. The molecule has 1 rings (SSSR count). The van der Waals surface area contributed by atoms with Gasteiger partial charge >= 0.3 is 0 Å². The van der Waals surface area contributed by atoms with E-state index >= 15 is 0 Å². The third kappa shape index (κ3) is 1.28. The van der Waals surface area contributed by atoms with Gasteiger partial charge in [-0.1, -0.05) is 0 Å². The van der Waals surface area contributed by atoms with Crippen molar-refractivity contribution >= 4 is 15.8 Å². The largest absolute Gasteiger partial charge is 0.383 e. The van der Waals surface area contributed by atoms with E-state index < -0.39 is 10.0 Å². The molecule has 6 nitrogen and oxygen atoms in total. The lowest BCUT2D eigenvalue weighted by molar-refractivity contribution is 0.521. The Kier molecular flexibility index (Phi) is 2.07. The highest BCUT2D eigenvalue weighted by molar-refractivity contribution is 7.89. The number of anilines is 1. The fourth-order valence-electron chi connectivity index (χ4n) is 0.687. The van der Waals surface area contributed by atoms with Crippen LogP contribution in [0.4, 0.5) is 5.82 Å². The van der Waals surface area contributed by atoms with Crippen LogP contribution in [0.3, 0.4) is 0 Å². The number of sulfonamides is 1. The third-order valence-corrected chi connectivity index (χ3v) is 3.23. The van der Waals surface area contributed by atoms with Crippen molar-refractivity contribution in [1.82, 2.24) is 14.5 Å². The Morgan fingerprint density at radius 2 is 2.17 bits per heavy atom. The Hall–Kier alpha value is -1.08. The topological polar surface area (TPSA) is 92.1 Å². The van der Waals surface area contributed by atoms with Crippen molar-refractivity contribution in [3.05, 3.63) is 6.20 Å². The van der Waals surface area contributed by atoms with Crippen molar-refractivity contribution in [1.29, 1.82) is 0 Å². The van der Waals surface area contributed by atoms with Crippen LogP contribution in [-0.4, -0.2) is 37.0 Å². The van der Waals surface area contributed by atoms with Crippen LogP contribution in [0.5, 0.6) is 0 Å². The molecule has 0 bridgehead atoms. The zero-order valence-corrected chi connectivity index (χ0v) is 7.59. The lowest BCUT2D eigenvalue weighted by Crippen LogP contribution is -2.22. The van der Waals surface area contributed by atoms with Crippen LogP contribution >= 0.6 is 0 Å². The molecular weight excluding hydrogens is 180 g/mol. The van der Waals surface area contributed by atoms with E-state index in [4.69, 9.17) is 5.73 Å². The summed E-state index contributed by atoms with van der Waals surface area (Å²) in [4.78, 5) is 0.00694. The number of hydrogen-bond acceptors (Lipinski definition) is 4. The first-order valence-electron chi connectivity index (χ1n) is 3.17. The molecule has 12 heavy (non-hydrogen) atoms. The van der Waals surface area contributed by atoms with Crippen LogP contribution < -0.4 is 5.73 Å². The van der Waals surface area contributed by atoms with E-state index in [9.17, 15) is 8.42 Å². The summed E-state index contributed by atoms with van der Waals surface area (Å²) >= 11 is 0. The van der Waals surface area contributed by atoms with Crippen molar-refractivity contribution in [3.8, 4) is 0 Å². The Morgan fingerprint density at radius 1 is 1.58 bits per heavy atom. The normalized spacial score (nSPS) is 12.2. The number of nitrogens with zero attached hydrogens (tertiary/aromatic N) is 2. The third-order valence-electron chi connectivity index (χ3n) is 1.39. The van der Waals surface area contributed by atoms with E-state index in [2.05, 4.69) is 10.2 Å². The van der Waals surface area contributed by atoms with Crippen molar-refractivity contribution < 1.29 is 8.42 Å². The fourth-order valence-corrected chi connectivity index (χ4v) is 1.59. The molecule has 0 unspecified atom stereocenters. The maximum atomic E-state index is 11.4. The van der Waals surface area contributed by atoms with Gasteiger partial charge in [-0.25, -0.2) is 12.7 Å². The molecule has 3 N–H and O–H groups in total. The molecule has 0 saturated carbocycles. The van der Waals surface area contributed by atoms with E-state index in [1.165, 1.54) is 20.3 Å². The van der Waals surface area contributed by atoms with Gasteiger partial charge in [0.1, 0.15) is 10.7 Å². The van der Waals surface area contributed by atoms with Gasteiger partial charge in [0, 0.05) is 14.1 Å². The lowest BCUT2D eigenvalue weighted by atomic mass is 10.7. The Labute approximate surface area is 70.4 Å². The van der Waals surface area contributed by atoms with Gasteiger partial charge in [-0.3, -0.25) is 5.10 Å². The zero-order valence-electron chi connectivity index (χ0n) is 6.77. The van der Waals surface area contributed by atoms with Gasteiger partial charge in [-0.2, -0.15) is 5.10 Å². The minimum atomic E-state index is -3.45. The van der Waals surface area contributed by atoms with Gasteiger partial charge in [-0.05, 0) is 0 Å². The summed E-state index contributed by atoms with van der Waals surface area (Å²) < 4.78 is 23.9. The fraction of sp³-hybridized carbons (Fsp3) is 0.400. The molecule has 68 valence electrons. The molecule has 0 fully saturated rings. The Balaban J connectivity index is 3.24. The summed E-state index contributed by atoms with van der Waals surface area (Å²) in [6.07, 6.45) is 1.19. The minimum Gasteiger partial charge on any atom is -0.383 e. The number of nitrogens with one attached hydrogen (secondary N) is 1. The summed E-state index contributed by atoms with van der Waals surface area (Å²) in [6.45, 7) is 0. The number of nitrogen functional groups attached to an aromatic ring is 1. The first-order chi connectivity index (χ1) is 5.46. The highest BCUT2D eigenvalue weighted by Crippen LogP contribution is 2.16. The monoisotopic (exact) mass is 190 g/mol. The van der Waals surface area contributed by atoms with Crippen molar-refractivity contribution in [3.63, 3.8) is 0 Å².